The summed E-state index contributed by atoms with van der Waals surface area (Å²) in [7, 11) is 0. The number of amides is 1. The molecule has 7 nitrogen and oxygen atoms in total. The molecule has 2 heterocycles. The third-order valence-electron chi connectivity index (χ3n) is 4.67. The van der Waals surface area contributed by atoms with E-state index in [1.807, 2.05) is 37.3 Å². The Labute approximate surface area is 180 Å². The second kappa shape index (κ2) is 9.11. The minimum atomic E-state index is -0.247. The van der Waals surface area contributed by atoms with Gasteiger partial charge in [0.1, 0.15) is 5.82 Å². The first kappa shape index (κ1) is 20.1. The van der Waals surface area contributed by atoms with Crippen LogP contribution in [0, 0.1) is 6.92 Å². The number of benzene rings is 2. The highest BCUT2D eigenvalue weighted by Gasteiger charge is 2.15. The van der Waals surface area contributed by atoms with Gasteiger partial charge in [-0.05, 0) is 43.3 Å². The summed E-state index contributed by atoms with van der Waals surface area (Å²) < 4.78 is 5.40. The molecule has 8 heteroatoms. The number of morpholine rings is 1. The molecule has 1 aliphatic rings. The van der Waals surface area contributed by atoms with Crippen molar-refractivity contribution in [2.45, 2.75) is 6.92 Å². The average molecular weight is 424 g/mol. The zero-order chi connectivity index (χ0) is 20.9. The van der Waals surface area contributed by atoms with E-state index in [0.29, 0.717) is 35.4 Å². The Hall–Kier alpha value is -3.16. The van der Waals surface area contributed by atoms with Gasteiger partial charge in [-0.1, -0.05) is 23.7 Å². The van der Waals surface area contributed by atoms with Gasteiger partial charge in [0, 0.05) is 36.2 Å². The van der Waals surface area contributed by atoms with Crippen LogP contribution < -0.4 is 15.5 Å². The van der Waals surface area contributed by atoms with E-state index in [0.717, 1.165) is 30.3 Å². The van der Waals surface area contributed by atoms with Crippen LogP contribution in [0.4, 0.5) is 23.1 Å². The average Bonchev–Trinajstić information content (AvgIpc) is 2.75. The van der Waals surface area contributed by atoms with Crippen LogP contribution in [-0.2, 0) is 4.74 Å². The smallest absolute Gasteiger partial charge is 0.257 e. The van der Waals surface area contributed by atoms with Gasteiger partial charge in [-0.3, -0.25) is 4.79 Å². The number of rotatable bonds is 5. The predicted octanol–water partition coefficient (Wildman–Crippen LogP) is 4.27. The predicted molar refractivity (Wildman–Crippen MR) is 119 cm³/mol. The summed E-state index contributed by atoms with van der Waals surface area (Å²) in [6, 6.07) is 16.3. The highest BCUT2D eigenvalue weighted by Crippen LogP contribution is 2.22. The molecule has 3 aromatic rings. The fourth-order valence-corrected chi connectivity index (χ4v) is 3.37. The Balaban J connectivity index is 1.44. The van der Waals surface area contributed by atoms with Gasteiger partial charge in [0.2, 0.25) is 5.95 Å². The lowest BCUT2D eigenvalue weighted by molar-refractivity contribution is 0.102. The molecule has 1 amide bonds. The number of hydrogen-bond acceptors (Lipinski definition) is 6. The largest absolute Gasteiger partial charge is 0.378 e. The maximum absolute atomic E-state index is 12.4. The van der Waals surface area contributed by atoms with Crippen LogP contribution in [0.1, 0.15) is 16.1 Å². The number of nitrogens with one attached hydrogen (secondary N) is 2. The van der Waals surface area contributed by atoms with Crippen molar-refractivity contribution in [1.29, 1.82) is 0 Å². The zero-order valence-corrected chi connectivity index (χ0v) is 17.3. The Morgan fingerprint density at radius 3 is 2.47 bits per heavy atom. The molecule has 0 saturated carbocycles. The lowest BCUT2D eigenvalue weighted by atomic mass is 10.2. The van der Waals surface area contributed by atoms with Gasteiger partial charge < -0.3 is 20.3 Å². The quantitative estimate of drug-likeness (QED) is 0.638. The van der Waals surface area contributed by atoms with Crippen molar-refractivity contribution in [3.63, 3.8) is 0 Å². The molecule has 1 aliphatic heterocycles. The molecular weight excluding hydrogens is 402 g/mol. The monoisotopic (exact) mass is 423 g/mol. The number of hydrogen-bond donors (Lipinski definition) is 2. The maximum atomic E-state index is 12.4. The Kier molecular flexibility index (Phi) is 6.11. The van der Waals surface area contributed by atoms with Crippen molar-refractivity contribution in [1.82, 2.24) is 9.97 Å². The van der Waals surface area contributed by atoms with E-state index < -0.39 is 0 Å². The van der Waals surface area contributed by atoms with Gasteiger partial charge in [-0.25, -0.2) is 4.98 Å². The molecule has 154 valence electrons. The summed E-state index contributed by atoms with van der Waals surface area (Å²) in [4.78, 5) is 23.7. The number of aryl methyl sites for hydroxylation is 1. The van der Waals surface area contributed by atoms with E-state index in [-0.39, 0.29) is 5.91 Å². The van der Waals surface area contributed by atoms with Gasteiger partial charge in [0.15, 0.2) is 0 Å². The molecule has 0 atom stereocenters. The van der Waals surface area contributed by atoms with E-state index in [9.17, 15) is 4.79 Å². The standard InChI is InChI=1S/C22H22ClN5O2/c1-15-14-20(27-22(24-15)28-10-12-30-13-11-28)25-16-6-8-17(9-7-16)26-21(29)18-4-2-3-5-19(18)23/h2-9,14H,10-13H2,1H3,(H,26,29)(H,24,25,27). The molecular formula is C22H22ClN5O2. The number of ether oxygens (including phenoxy) is 1. The van der Waals surface area contributed by atoms with E-state index in [1.165, 1.54) is 0 Å². The molecule has 1 saturated heterocycles. The zero-order valence-electron chi connectivity index (χ0n) is 16.6. The number of aromatic nitrogens is 2. The summed E-state index contributed by atoms with van der Waals surface area (Å²) >= 11 is 6.09. The minimum Gasteiger partial charge on any atom is -0.378 e. The SMILES string of the molecule is Cc1cc(Nc2ccc(NC(=O)c3ccccc3Cl)cc2)nc(N2CCOCC2)n1. The molecule has 0 unspecified atom stereocenters. The van der Waals surface area contributed by atoms with Crippen LogP contribution in [-0.4, -0.2) is 42.2 Å². The van der Waals surface area contributed by atoms with Crippen molar-refractivity contribution in [2.75, 3.05) is 41.8 Å². The third-order valence-corrected chi connectivity index (χ3v) is 5.00. The Morgan fingerprint density at radius 1 is 1.03 bits per heavy atom. The van der Waals surface area contributed by atoms with Crippen LogP contribution in [0.2, 0.25) is 5.02 Å². The topological polar surface area (TPSA) is 79.4 Å². The van der Waals surface area contributed by atoms with Crippen LogP contribution in [0.3, 0.4) is 0 Å². The molecule has 1 fully saturated rings. The summed E-state index contributed by atoms with van der Waals surface area (Å²) in [6.07, 6.45) is 0. The normalized spacial score (nSPS) is 13.7. The maximum Gasteiger partial charge on any atom is 0.257 e. The lowest BCUT2D eigenvalue weighted by Crippen LogP contribution is -2.37. The molecule has 30 heavy (non-hydrogen) atoms. The summed E-state index contributed by atoms with van der Waals surface area (Å²) in [5.41, 5.74) is 2.86. The second-order valence-electron chi connectivity index (χ2n) is 6.93. The Bertz CT molecular complexity index is 1040. The number of nitrogens with zero attached hydrogens (tertiary/aromatic N) is 3. The van der Waals surface area contributed by atoms with Crippen LogP contribution in [0.15, 0.2) is 54.6 Å². The van der Waals surface area contributed by atoms with Gasteiger partial charge in [-0.2, -0.15) is 4.98 Å². The third kappa shape index (κ3) is 4.87. The van der Waals surface area contributed by atoms with Crippen molar-refractivity contribution in [3.05, 3.63) is 70.9 Å². The molecule has 0 bridgehead atoms. The van der Waals surface area contributed by atoms with E-state index in [2.05, 4.69) is 25.5 Å². The van der Waals surface area contributed by atoms with Gasteiger partial charge >= 0.3 is 0 Å². The minimum absolute atomic E-state index is 0.247. The summed E-state index contributed by atoms with van der Waals surface area (Å²) in [5.74, 6) is 1.17. The molecule has 4 rings (SSSR count). The Morgan fingerprint density at radius 2 is 1.73 bits per heavy atom. The first-order valence-electron chi connectivity index (χ1n) is 9.70. The van der Waals surface area contributed by atoms with Gasteiger partial charge in [-0.15, -0.1) is 0 Å². The second-order valence-corrected chi connectivity index (χ2v) is 7.34. The van der Waals surface area contributed by atoms with E-state index >= 15 is 0 Å². The molecule has 2 aromatic carbocycles. The van der Waals surface area contributed by atoms with Gasteiger partial charge in [0.25, 0.3) is 5.91 Å². The molecule has 2 N–H and O–H groups in total. The highest BCUT2D eigenvalue weighted by atomic mass is 35.5. The number of carbonyl (C=O) groups excluding carboxylic acids is 1. The molecule has 0 spiro atoms. The first-order chi connectivity index (χ1) is 14.6. The number of carbonyl (C=O) groups is 1. The van der Waals surface area contributed by atoms with E-state index in [1.54, 1.807) is 24.3 Å². The van der Waals surface area contributed by atoms with Crippen molar-refractivity contribution >= 4 is 40.6 Å². The van der Waals surface area contributed by atoms with Crippen LogP contribution in [0.25, 0.3) is 0 Å². The van der Waals surface area contributed by atoms with Crippen molar-refractivity contribution in [3.8, 4) is 0 Å². The van der Waals surface area contributed by atoms with Gasteiger partial charge in [0.05, 0.1) is 23.8 Å². The van der Waals surface area contributed by atoms with Crippen LogP contribution in [0.5, 0.6) is 0 Å². The molecule has 0 aliphatic carbocycles. The van der Waals surface area contributed by atoms with Crippen molar-refractivity contribution < 1.29 is 9.53 Å². The number of halogens is 1. The van der Waals surface area contributed by atoms with Crippen LogP contribution >= 0.6 is 11.6 Å². The van der Waals surface area contributed by atoms with Crippen molar-refractivity contribution in [2.24, 2.45) is 0 Å². The fraction of sp³-hybridized carbons (Fsp3) is 0.227. The fourth-order valence-electron chi connectivity index (χ4n) is 3.15. The first-order valence-corrected chi connectivity index (χ1v) is 10.1. The number of anilines is 4. The molecule has 0 radical (unpaired) electrons. The lowest BCUT2D eigenvalue weighted by Gasteiger charge is -2.27. The highest BCUT2D eigenvalue weighted by molar-refractivity contribution is 6.34. The van der Waals surface area contributed by atoms with E-state index in [4.69, 9.17) is 16.3 Å². The molecule has 1 aromatic heterocycles. The summed E-state index contributed by atoms with van der Waals surface area (Å²) in [6.45, 7) is 4.87. The summed E-state index contributed by atoms with van der Waals surface area (Å²) in [5, 5.41) is 6.58.